The third kappa shape index (κ3) is 3.77. The van der Waals surface area contributed by atoms with Gasteiger partial charge in [-0.25, -0.2) is 0 Å². The highest BCUT2D eigenvalue weighted by molar-refractivity contribution is 5.95. The molecule has 0 aliphatic carbocycles. The van der Waals surface area contributed by atoms with Crippen LogP contribution in [-0.4, -0.2) is 18.9 Å². The Hall–Kier alpha value is -1.51. The summed E-state index contributed by atoms with van der Waals surface area (Å²) in [6.45, 7) is 6.71. The molecule has 0 spiro atoms. The van der Waals surface area contributed by atoms with Crippen molar-refractivity contribution in [2.45, 2.75) is 33.2 Å². The summed E-state index contributed by atoms with van der Waals surface area (Å²) in [6.07, 6.45) is 1.17. The Balaban J connectivity index is 2.75. The molecule has 0 radical (unpaired) electrons. The molecule has 17 heavy (non-hydrogen) atoms. The minimum Gasteiger partial charge on any atom is -0.384 e. The van der Waals surface area contributed by atoms with Crippen LogP contribution in [0, 0.1) is 11.3 Å². The van der Waals surface area contributed by atoms with Crippen LogP contribution in [0.4, 0.5) is 5.69 Å². The van der Waals surface area contributed by atoms with E-state index >= 15 is 0 Å². The van der Waals surface area contributed by atoms with Gasteiger partial charge in [0.1, 0.15) is 5.84 Å². The number of rotatable bonds is 5. The van der Waals surface area contributed by atoms with Gasteiger partial charge in [0.2, 0.25) is 0 Å². The van der Waals surface area contributed by atoms with Gasteiger partial charge in [0.05, 0.1) is 0 Å². The van der Waals surface area contributed by atoms with Crippen LogP contribution in [0.3, 0.4) is 0 Å². The van der Waals surface area contributed by atoms with Crippen LogP contribution in [0.25, 0.3) is 0 Å². The largest absolute Gasteiger partial charge is 0.384 e. The minimum atomic E-state index is 0.120. The highest BCUT2D eigenvalue weighted by Gasteiger charge is 2.11. The van der Waals surface area contributed by atoms with Gasteiger partial charge in [-0.15, -0.1) is 0 Å². The van der Waals surface area contributed by atoms with Crippen LogP contribution in [-0.2, 0) is 0 Å². The lowest BCUT2D eigenvalue weighted by atomic mass is 10.0. The smallest absolute Gasteiger partial charge is 0.122 e. The summed E-state index contributed by atoms with van der Waals surface area (Å²) in [6, 6.07) is 8.35. The van der Waals surface area contributed by atoms with Crippen molar-refractivity contribution >= 4 is 11.5 Å². The Kier molecular flexibility index (Phi) is 4.55. The topological polar surface area (TPSA) is 53.1 Å². The van der Waals surface area contributed by atoms with Crippen molar-refractivity contribution in [1.29, 1.82) is 5.41 Å². The van der Waals surface area contributed by atoms with Crippen LogP contribution in [0.2, 0.25) is 0 Å². The third-order valence-electron chi connectivity index (χ3n) is 3.06. The Morgan fingerprint density at radius 1 is 1.24 bits per heavy atom. The normalized spacial score (nSPS) is 12.5. The Morgan fingerprint density at radius 3 is 2.18 bits per heavy atom. The van der Waals surface area contributed by atoms with Gasteiger partial charge in [-0.05, 0) is 43.5 Å². The van der Waals surface area contributed by atoms with Gasteiger partial charge in [-0.1, -0.05) is 13.8 Å². The molecule has 0 saturated carbocycles. The second kappa shape index (κ2) is 5.71. The molecule has 0 bridgehead atoms. The first-order valence-electron chi connectivity index (χ1n) is 6.09. The summed E-state index contributed by atoms with van der Waals surface area (Å²) in [4.78, 5) is 2.27. The van der Waals surface area contributed by atoms with E-state index in [1.54, 1.807) is 0 Å². The van der Waals surface area contributed by atoms with Gasteiger partial charge < -0.3 is 10.6 Å². The Morgan fingerprint density at radius 2 is 1.76 bits per heavy atom. The molecule has 1 rings (SSSR count). The summed E-state index contributed by atoms with van der Waals surface area (Å²) in [5.41, 5.74) is 7.38. The predicted molar refractivity (Wildman–Crippen MR) is 74.8 cm³/mol. The van der Waals surface area contributed by atoms with Gasteiger partial charge in [0.25, 0.3) is 0 Å². The van der Waals surface area contributed by atoms with Crippen molar-refractivity contribution in [3.63, 3.8) is 0 Å². The maximum Gasteiger partial charge on any atom is 0.122 e. The molecular weight excluding hydrogens is 210 g/mol. The quantitative estimate of drug-likeness (QED) is 0.607. The van der Waals surface area contributed by atoms with Gasteiger partial charge in [0.15, 0.2) is 0 Å². The SMILES string of the molecule is CC(C)CC(C)N(C)c1ccc(C(=N)N)cc1. The highest BCUT2D eigenvalue weighted by atomic mass is 15.1. The number of anilines is 1. The average Bonchev–Trinajstić information content (AvgIpc) is 2.27. The van der Waals surface area contributed by atoms with Gasteiger partial charge >= 0.3 is 0 Å². The summed E-state index contributed by atoms with van der Waals surface area (Å²) in [5.74, 6) is 0.818. The Bertz CT molecular complexity index is 368. The number of benzene rings is 1. The molecule has 0 aromatic heterocycles. The zero-order chi connectivity index (χ0) is 13.0. The molecule has 1 unspecified atom stereocenters. The van der Waals surface area contributed by atoms with E-state index in [1.165, 1.54) is 12.1 Å². The first kappa shape index (κ1) is 13.6. The number of hydrogen-bond acceptors (Lipinski definition) is 2. The summed E-state index contributed by atoms with van der Waals surface area (Å²) < 4.78 is 0. The third-order valence-corrected chi connectivity index (χ3v) is 3.06. The van der Waals surface area contributed by atoms with E-state index in [2.05, 4.69) is 32.7 Å². The summed E-state index contributed by atoms with van der Waals surface area (Å²) in [5, 5.41) is 7.35. The van der Waals surface area contributed by atoms with Crippen LogP contribution in [0.15, 0.2) is 24.3 Å². The fourth-order valence-electron chi connectivity index (χ4n) is 1.97. The van der Waals surface area contributed by atoms with Crippen LogP contribution in [0.1, 0.15) is 32.8 Å². The van der Waals surface area contributed by atoms with Crippen LogP contribution in [0.5, 0.6) is 0 Å². The van der Waals surface area contributed by atoms with Crippen LogP contribution >= 0.6 is 0 Å². The molecule has 1 aromatic rings. The zero-order valence-corrected chi connectivity index (χ0v) is 11.2. The molecule has 0 aliphatic heterocycles. The summed E-state index contributed by atoms with van der Waals surface area (Å²) >= 11 is 0. The number of hydrogen-bond donors (Lipinski definition) is 2. The Labute approximate surface area is 104 Å². The molecule has 0 fully saturated rings. The molecule has 0 saturated heterocycles. The number of nitrogens with zero attached hydrogens (tertiary/aromatic N) is 1. The van der Waals surface area contributed by atoms with Crippen molar-refractivity contribution < 1.29 is 0 Å². The number of nitrogens with one attached hydrogen (secondary N) is 1. The fourth-order valence-corrected chi connectivity index (χ4v) is 1.97. The molecular formula is C14H23N3. The van der Waals surface area contributed by atoms with E-state index in [9.17, 15) is 0 Å². The molecule has 3 N–H and O–H groups in total. The molecule has 1 atom stereocenters. The molecule has 3 heteroatoms. The van der Waals surface area contributed by atoms with Crippen molar-refractivity contribution in [3.8, 4) is 0 Å². The lowest BCUT2D eigenvalue weighted by Crippen LogP contribution is -2.30. The molecule has 1 aromatic carbocycles. The van der Waals surface area contributed by atoms with E-state index in [-0.39, 0.29) is 5.84 Å². The standard InChI is InChI=1S/C14H23N3/c1-10(2)9-11(3)17(4)13-7-5-12(6-8-13)14(15)16/h5-8,10-11H,9H2,1-4H3,(H3,15,16). The van der Waals surface area contributed by atoms with E-state index in [4.69, 9.17) is 11.1 Å². The second-order valence-electron chi connectivity index (χ2n) is 5.05. The lowest BCUT2D eigenvalue weighted by Gasteiger charge is -2.28. The van der Waals surface area contributed by atoms with Gasteiger partial charge in [-0.3, -0.25) is 5.41 Å². The fraction of sp³-hybridized carbons (Fsp3) is 0.500. The van der Waals surface area contributed by atoms with Crippen LogP contribution < -0.4 is 10.6 Å². The molecule has 94 valence electrons. The monoisotopic (exact) mass is 233 g/mol. The number of amidine groups is 1. The van der Waals surface area contributed by atoms with E-state index in [0.717, 1.165) is 5.56 Å². The van der Waals surface area contributed by atoms with Gasteiger partial charge in [-0.2, -0.15) is 0 Å². The lowest BCUT2D eigenvalue weighted by molar-refractivity contribution is 0.504. The maximum absolute atomic E-state index is 7.35. The molecule has 0 heterocycles. The van der Waals surface area contributed by atoms with Crippen molar-refractivity contribution in [2.24, 2.45) is 11.7 Å². The minimum absolute atomic E-state index is 0.120. The maximum atomic E-state index is 7.35. The molecule has 0 aliphatic rings. The first-order valence-corrected chi connectivity index (χ1v) is 6.09. The van der Waals surface area contributed by atoms with Crippen molar-refractivity contribution in [2.75, 3.05) is 11.9 Å². The van der Waals surface area contributed by atoms with Crippen molar-refractivity contribution in [3.05, 3.63) is 29.8 Å². The number of nitrogens with two attached hydrogens (primary N) is 1. The zero-order valence-electron chi connectivity index (χ0n) is 11.2. The van der Waals surface area contributed by atoms with E-state index < -0.39 is 0 Å². The second-order valence-corrected chi connectivity index (χ2v) is 5.05. The molecule has 0 amide bonds. The molecule has 3 nitrogen and oxygen atoms in total. The van der Waals surface area contributed by atoms with Crippen molar-refractivity contribution in [1.82, 2.24) is 0 Å². The van der Waals surface area contributed by atoms with E-state index in [0.29, 0.717) is 12.0 Å². The number of nitrogen functional groups attached to an aromatic ring is 1. The average molecular weight is 233 g/mol. The predicted octanol–water partition coefficient (Wildman–Crippen LogP) is 2.84. The highest BCUT2D eigenvalue weighted by Crippen LogP contribution is 2.19. The first-order chi connectivity index (χ1) is 7.91. The summed E-state index contributed by atoms with van der Waals surface area (Å²) in [7, 11) is 2.11. The van der Waals surface area contributed by atoms with E-state index in [1.807, 2.05) is 24.3 Å². The van der Waals surface area contributed by atoms with Gasteiger partial charge in [0, 0.05) is 24.3 Å².